The Kier molecular flexibility index (Phi) is 5.72. The predicted molar refractivity (Wildman–Crippen MR) is 79.2 cm³/mol. The normalized spacial score (nSPS) is 10.1. The summed E-state index contributed by atoms with van der Waals surface area (Å²) in [5.41, 5.74) is 1.56. The van der Waals surface area contributed by atoms with E-state index in [0.717, 1.165) is 11.3 Å². The van der Waals surface area contributed by atoms with E-state index in [2.05, 4.69) is 10.3 Å². The molecular weight excluding hydrogens is 268 g/mol. The summed E-state index contributed by atoms with van der Waals surface area (Å²) in [6.07, 6.45) is 3.18. The van der Waals surface area contributed by atoms with Crippen LogP contribution in [-0.2, 0) is 11.3 Å². The van der Waals surface area contributed by atoms with Crippen molar-refractivity contribution in [2.45, 2.75) is 6.54 Å². The van der Waals surface area contributed by atoms with Crippen molar-refractivity contribution in [3.63, 3.8) is 0 Å². The zero-order chi connectivity index (χ0) is 14.9. The molecule has 5 heteroatoms. The van der Waals surface area contributed by atoms with E-state index in [1.165, 1.54) is 0 Å². The molecule has 1 heterocycles. The molecule has 0 atom stereocenters. The van der Waals surface area contributed by atoms with Crippen molar-refractivity contribution in [1.29, 1.82) is 0 Å². The van der Waals surface area contributed by atoms with Gasteiger partial charge in [-0.3, -0.25) is 9.78 Å². The number of methoxy groups -OCH3 is 1. The Labute approximate surface area is 123 Å². The van der Waals surface area contributed by atoms with Crippen LogP contribution in [0.25, 0.3) is 0 Å². The number of rotatable bonds is 7. The van der Waals surface area contributed by atoms with Gasteiger partial charge in [-0.1, -0.05) is 12.1 Å². The third-order valence-electron chi connectivity index (χ3n) is 2.86. The van der Waals surface area contributed by atoms with Crippen molar-refractivity contribution in [3.8, 4) is 5.75 Å². The first-order valence-corrected chi connectivity index (χ1v) is 6.68. The van der Waals surface area contributed by atoms with Gasteiger partial charge in [-0.25, -0.2) is 0 Å². The standard InChI is InChI=1S/C16H18N2O3/c1-20-9-10-21-15-6-4-13(5-7-15)11-18-16(19)14-3-2-8-17-12-14/h2-8,12H,9-11H2,1H3,(H,18,19). The zero-order valence-electron chi connectivity index (χ0n) is 11.9. The minimum absolute atomic E-state index is 0.136. The number of carbonyl (C=O) groups excluding carboxylic acids is 1. The van der Waals surface area contributed by atoms with Crippen molar-refractivity contribution in [1.82, 2.24) is 10.3 Å². The molecule has 2 aromatic rings. The molecule has 0 bridgehead atoms. The van der Waals surface area contributed by atoms with Crippen LogP contribution in [0, 0.1) is 0 Å². The fourth-order valence-electron chi connectivity index (χ4n) is 1.73. The van der Waals surface area contributed by atoms with E-state index >= 15 is 0 Å². The van der Waals surface area contributed by atoms with Gasteiger partial charge in [-0.15, -0.1) is 0 Å². The fraction of sp³-hybridized carbons (Fsp3) is 0.250. The number of nitrogens with one attached hydrogen (secondary N) is 1. The third kappa shape index (κ3) is 4.89. The summed E-state index contributed by atoms with van der Waals surface area (Å²) in [5, 5.41) is 2.85. The second-order valence-corrected chi connectivity index (χ2v) is 4.41. The van der Waals surface area contributed by atoms with Crippen molar-refractivity contribution < 1.29 is 14.3 Å². The van der Waals surface area contributed by atoms with Crippen molar-refractivity contribution >= 4 is 5.91 Å². The number of amides is 1. The van der Waals surface area contributed by atoms with E-state index < -0.39 is 0 Å². The van der Waals surface area contributed by atoms with Gasteiger partial charge in [0.1, 0.15) is 12.4 Å². The molecule has 0 radical (unpaired) electrons. The van der Waals surface area contributed by atoms with Crippen LogP contribution in [-0.4, -0.2) is 31.2 Å². The lowest BCUT2D eigenvalue weighted by Crippen LogP contribution is -2.22. The van der Waals surface area contributed by atoms with E-state index in [0.29, 0.717) is 25.3 Å². The Morgan fingerprint density at radius 2 is 2.00 bits per heavy atom. The highest BCUT2D eigenvalue weighted by Crippen LogP contribution is 2.12. The first-order chi connectivity index (χ1) is 10.3. The van der Waals surface area contributed by atoms with Crippen LogP contribution in [0.5, 0.6) is 5.75 Å². The number of carbonyl (C=O) groups is 1. The maximum Gasteiger partial charge on any atom is 0.253 e. The van der Waals surface area contributed by atoms with Gasteiger partial charge in [-0.05, 0) is 29.8 Å². The van der Waals surface area contributed by atoms with Gasteiger partial charge < -0.3 is 14.8 Å². The number of benzene rings is 1. The molecule has 0 saturated carbocycles. The summed E-state index contributed by atoms with van der Waals surface area (Å²) < 4.78 is 10.4. The molecule has 21 heavy (non-hydrogen) atoms. The van der Waals surface area contributed by atoms with Crippen LogP contribution in [0.15, 0.2) is 48.8 Å². The van der Waals surface area contributed by atoms with Crippen molar-refractivity contribution in [2.75, 3.05) is 20.3 Å². The predicted octanol–water partition coefficient (Wildman–Crippen LogP) is 2.04. The Hall–Kier alpha value is -2.40. The zero-order valence-corrected chi connectivity index (χ0v) is 11.9. The number of hydrogen-bond acceptors (Lipinski definition) is 4. The summed E-state index contributed by atoms with van der Waals surface area (Å²) in [4.78, 5) is 15.8. The lowest BCUT2D eigenvalue weighted by molar-refractivity contribution is 0.0950. The van der Waals surface area contributed by atoms with E-state index in [4.69, 9.17) is 9.47 Å². The number of hydrogen-bond donors (Lipinski definition) is 1. The molecule has 0 spiro atoms. The third-order valence-corrected chi connectivity index (χ3v) is 2.86. The molecular formula is C16H18N2O3. The summed E-state index contributed by atoms with van der Waals surface area (Å²) in [7, 11) is 1.64. The topological polar surface area (TPSA) is 60.5 Å². The molecule has 5 nitrogen and oxygen atoms in total. The molecule has 1 aromatic carbocycles. The average Bonchev–Trinajstić information content (AvgIpc) is 2.55. The molecule has 0 fully saturated rings. The maximum atomic E-state index is 11.9. The van der Waals surface area contributed by atoms with Crippen LogP contribution in [0.4, 0.5) is 0 Å². The Morgan fingerprint density at radius 1 is 1.19 bits per heavy atom. The van der Waals surface area contributed by atoms with Gasteiger partial charge in [0, 0.05) is 26.0 Å². The van der Waals surface area contributed by atoms with Crippen molar-refractivity contribution in [2.24, 2.45) is 0 Å². The number of pyridine rings is 1. The largest absolute Gasteiger partial charge is 0.491 e. The van der Waals surface area contributed by atoms with Gasteiger partial charge in [0.2, 0.25) is 0 Å². The lowest BCUT2D eigenvalue weighted by Gasteiger charge is -2.08. The highest BCUT2D eigenvalue weighted by molar-refractivity contribution is 5.93. The monoisotopic (exact) mass is 286 g/mol. The summed E-state index contributed by atoms with van der Waals surface area (Å²) in [5.74, 6) is 0.651. The van der Waals surface area contributed by atoms with Gasteiger partial charge in [-0.2, -0.15) is 0 Å². The smallest absolute Gasteiger partial charge is 0.253 e. The highest BCUT2D eigenvalue weighted by atomic mass is 16.5. The van der Waals surface area contributed by atoms with Gasteiger partial charge in [0.15, 0.2) is 0 Å². The number of aromatic nitrogens is 1. The van der Waals surface area contributed by atoms with Crippen molar-refractivity contribution in [3.05, 3.63) is 59.9 Å². The quantitative estimate of drug-likeness (QED) is 0.791. The van der Waals surface area contributed by atoms with Gasteiger partial charge in [0.05, 0.1) is 12.2 Å². The minimum Gasteiger partial charge on any atom is -0.491 e. The molecule has 0 aliphatic heterocycles. The van der Waals surface area contributed by atoms with E-state index in [1.807, 2.05) is 24.3 Å². The molecule has 110 valence electrons. The maximum absolute atomic E-state index is 11.9. The van der Waals surface area contributed by atoms with E-state index in [1.54, 1.807) is 31.6 Å². The second kappa shape index (κ2) is 8.01. The molecule has 0 saturated heterocycles. The summed E-state index contributed by atoms with van der Waals surface area (Å²) >= 11 is 0. The minimum atomic E-state index is -0.136. The Bertz CT molecular complexity index is 555. The second-order valence-electron chi connectivity index (χ2n) is 4.41. The fourth-order valence-corrected chi connectivity index (χ4v) is 1.73. The molecule has 0 unspecified atom stereocenters. The molecule has 0 aliphatic carbocycles. The summed E-state index contributed by atoms with van der Waals surface area (Å²) in [6.45, 7) is 1.54. The van der Waals surface area contributed by atoms with E-state index in [9.17, 15) is 4.79 Å². The van der Waals surface area contributed by atoms with Crippen LogP contribution in [0.1, 0.15) is 15.9 Å². The molecule has 1 amide bonds. The molecule has 1 aromatic heterocycles. The molecule has 0 aliphatic rings. The number of ether oxygens (including phenoxy) is 2. The molecule has 1 N–H and O–H groups in total. The average molecular weight is 286 g/mol. The lowest BCUT2D eigenvalue weighted by atomic mass is 10.2. The highest BCUT2D eigenvalue weighted by Gasteiger charge is 2.04. The summed E-state index contributed by atoms with van der Waals surface area (Å²) in [6, 6.07) is 11.1. The molecule has 2 rings (SSSR count). The van der Waals surface area contributed by atoms with Crippen LogP contribution in [0.3, 0.4) is 0 Å². The van der Waals surface area contributed by atoms with Crippen LogP contribution >= 0.6 is 0 Å². The first kappa shape index (κ1) is 15.0. The first-order valence-electron chi connectivity index (χ1n) is 6.68. The SMILES string of the molecule is COCCOc1ccc(CNC(=O)c2cccnc2)cc1. The van der Waals surface area contributed by atoms with Crippen LogP contribution < -0.4 is 10.1 Å². The Morgan fingerprint density at radius 3 is 2.67 bits per heavy atom. The van der Waals surface area contributed by atoms with Gasteiger partial charge in [0.25, 0.3) is 5.91 Å². The Balaban J connectivity index is 1.82. The van der Waals surface area contributed by atoms with E-state index in [-0.39, 0.29) is 5.91 Å². The number of nitrogens with zero attached hydrogens (tertiary/aromatic N) is 1. The van der Waals surface area contributed by atoms with Crippen LogP contribution in [0.2, 0.25) is 0 Å². The van der Waals surface area contributed by atoms with Gasteiger partial charge >= 0.3 is 0 Å².